The first kappa shape index (κ1) is 14.5. The Balaban J connectivity index is 1.96. The van der Waals surface area contributed by atoms with Crippen LogP contribution in [0.3, 0.4) is 0 Å². The van der Waals surface area contributed by atoms with Crippen molar-refractivity contribution in [2.75, 3.05) is 25.5 Å². The molecule has 1 amide bonds. The standard InChI is InChI=1S/C13H20N4O3/c1-8-12(9(2)16-15-8)14-11(18)7-17-6-4-5-10(17)13(19)20-3/h10H,4-7H2,1-3H3,(H,14,18)(H,15,16). The molecular weight excluding hydrogens is 260 g/mol. The van der Waals surface area contributed by atoms with Gasteiger partial charge in [-0.1, -0.05) is 0 Å². The first-order valence-corrected chi connectivity index (χ1v) is 6.66. The number of aromatic amines is 1. The van der Waals surface area contributed by atoms with Crippen molar-refractivity contribution in [1.29, 1.82) is 0 Å². The van der Waals surface area contributed by atoms with Crippen molar-refractivity contribution < 1.29 is 14.3 Å². The Morgan fingerprint density at radius 3 is 2.85 bits per heavy atom. The van der Waals surface area contributed by atoms with Crippen LogP contribution >= 0.6 is 0 Å². The number of amides is 1. The van der Waals surface area contributed by atoms with Gasteiger partial charge in [0.2, 0.25) is 5.91 Å². The maximum absolute atomic E-state index is 12.1. The monoisotopic (exact) mass is 280 g/mol. The molecule has 0 spiro atoms. The molecule has 0 saturated carbocycles. The lowest BCUT2D eigenvalue weighted by Crippen LogP contribution is -2.41. The fourth-order valence-corrected chi connectivity index (χ4v) is 2.52. The minimum absolute atomic E-state index is 0.145. The Morgan fingerprint density at radius 1 is 1.50 bits per heavy atom. The van der Waals surface area contributed by atoms with E-state index in [-0.39, 0.29) is 24.5 Å². The van der Waals surface area contributed by atoms with Gasteiger partial charge in [0.25, 0.3) is 0 Å². The van der Waals surface area contributed by atoms with E-state index in [1.165, 1.54) is 7.11 Å². The van der Waals surface area contributed by atoms with Crippen LogP contribution in [0.1, 0.15) is 24.2 Å². The highest BCUT2D eigenvalue weighted by atomic mass is 16.5. The molecule has 2 heterocycles. The predicted molar refractivity (Wildman–Crippen MR) is 73.3 cm³/mol. The number of aromatic nitrogens is 2. The number of aryl methyl sites for hydroxylation is 2. The summed E-state index contributed by atoms with van der Waals surface area (Å²) in [7, 11) is 1.37. The average Bonchev–Trinajstić information content (AvgIpc) is 2.99. The minimum Gasteiger partial charge on any atom is -0.468 e. The molecule has 1 aliphatic heterocycles. The summed E-state index contributed by atoms with van der Waals surface area (Å²) in [5.41, 5.74) is 2.28. The number of methoxy groups -OCH3 is 1. The number of esters is 1. The van der Waals surface area contributed by atoms with Gasteiger partial charge < -0.3 is 10.1 Å². The summed E-state index contributed by atoms with van der Waals surface area (Å²) in [6.07, 6.45) is 1.64. The van der Waals surface area contributed by atoms with E-state index >= 15 is 0 Å². The van der Waals surface area contributed by atoms with E-state index in [4.69, 9.17) is 4.74 Å². The van der Waals surface area contributed by atoms with Gasteiger partial charge >= 0.3 is 5.97 Å². The maximum Gasteiger partial charge on any atom is 0.323 e. The minimum atomic E-state index is -0.308. The first-order valence-electron chi connectivity index (χ1n) is 6.66. The van der Waals surface area contributed by atoms with Gasteiger partial charge in [-0.15, -0.1) is 0 Å². The van der Waals surface area contributed by atoms with Crippen LogP contribution in [-0.4, -0.2) is 53.2 Å². The Hall–Kier alpha value is -1.89. The predicted octanol–water partition coefficient (Wildman–Crippen LogP) is 0.602. The van der Waals surface area contributed by atoms with Gasteiger partial charge in [-0.2, -0.15) is 5.10 Å². The van der Waals surface area contributed by atoms with Crippen LogP contribution in [0.25, 0.3) is 0 Å². The number of anilines is 1. The fraction of sp³-hybridized carbons (Fsp3) is 0.615. The Morgan fingerprint density at radius 2 is 2.25 bits per heavy atom. The molecule has 1 saturated heterocycles. The quantitative estimate of drug-likeness (QED) is 0.789. The van der Waals surface area contributed by atoms with Crippen LogP contribution in [0.4, 0.5) is 5.69 Å². The molecule has 0 aromatic carbocycles. The summed E-state index contributed by atoms with van der Waals surface area (Å²) in [5.74, 6) is -0.417. The summed E-state index contributed by atoms with van der Waals surface area (Å²) in [4.78, 5) is 25.6. The van der Waals surface area contributed by atoms with Gasteiger partial charge in [-0.05, 0) is 33.2 Å². The SMILES string of the molecule is COC(=O)C1CCCN1CC(=O)Nc1c(C)n[nH]c1C. The number of carbonyl (C=O) groups is 2. The summed E-state index contributed by atoms with van der Waals surface area (Å²) in [6.45, 7) is 4.59. The first-order chi connectivity index (χ1) is 9.52. The van der Waals surface area contributed by atoms with Crippen molar-refractivity contribution in [2.45, 2.75) is 32.7 Å². The van der Waals surface area contributed by atoms with Crippen molar-refractivity contribution in [1.82, 2.24) is 15.1 Å². The Labute approximate surface area is 117 Å². The normalized spacial score (nSPS) is 19.1. The number of hydrogen-bond acceptors (Lipinski definition) is 5. The van der Waals surface area contributed by atoms with E-state index < -0.39 is 0 Å². The van der Waals surface area contributed by atoms with E-state index in [0.29, 0.717) is 5.69 Å². The molecule has 0 aliphatic carbocycles. The molecule has 7 nitrogen and oxygen atoms in total. The highest BCUT2D eigenvalue weighted by Crippen LogP contribution is 2.19. The van der Waals surface area contributed by atoms with Crippen LogP contribution in [0, 0.1) is 13.8 Å². The zero-order valence-electron chi connectivity index (χ0n) is 12.0. The number of H-pyrrole nitrogens is 1. The zero-order valence-corrected chi connectivity index (χ0v) is 12.0. The molecule has 0 radical (unpaired) electrons. The van der Waals surface area contributed by atoms with E-state index in [9.17, 15) is 9.59 Å². The summed E-state index contributed by atoms with van der Waals surface area (Å²) in [6, 6.07) is -0.308. The summed E-state index contributed by atoms with van der Waals surface area (Å²) >= 11 is 0. The van der Waals surface area contributed by atoms with Gasteiger partial charge in [-0.25, -0.2) is 0 Å². The van der Waals surface area contributed by atoms with Crippen molar-refractivity contribution >= 4 is 17.6 Å². The fourth-order valence-electron chi connectivity index (χ4n) is 2.52. The summed E-state index contributed by atoms with van der Waals surface area (Å²) in [5, 5.41) is 9.69. The van der Waals surface area contributed by atoms with E-state index in [1.807, 2.05) is 18.7 Å². The maximum atomic E-state index is 12.1. The van der Waals surface area contributed by atoms with Crippen molar-refractivity contribution in [3.63, 3.8) is 0 Å². The lowest BCUT2D eigenvalue weighted by atomic mass is 10.2. The van der Waals surface area contributed by atoms with Crippen LogP contribution in [0.15, 0.2) is 0 Å². The molecule has 7 heteroatoms. The molecule has 1 atom stereocenters. The number of ether oxygens (including phenoxy) is 1. The van der Waals surface area contributed by atoms with Gasteiger partial charge in [0, 0.05) is 0 Å². The number of nitrogens with one attached hydrogen (secondary N) is 2. The zero-order chi connectivity index (χ0) is 14.7. The molecule has 110 valence electrons. The van der Waals surface area contributed by atoms with Gasteiger partial charge in [0.1, 0.15) is 6.04 Å². The van der Waals surface area contributed by atoms with Crippen molar-refractivity contribution in [2.24, 2.45) is 0 Å². The molecule has 2 rings (SSSR count). The highest BCUT2D eigenvalue weighted by molar-refractivity contribution is 5.93. The molecule has 1 aliphatic rings. The third kappa shape index (κ3) is 2.98. The molecule has 0 bridgehead atoms. The lowest BCUT2D eigenvalue weighted by molar-refractivity contribution is -0.146. The second kappa shape index (κ2) is 6.04. The third-order valence-corrected chi connectivity index (χ3v) is 3.58. The van der Waals surface area contributed by atoms with Crippen LogP contribution < -0.4 is 5.32 Å². The van der Waals surface area contributed by atoms with Crippen molar-refractivity contribution in [3.05, 3.63) is 11.4 Å². The van der Waals surface area contributed by atoms with Gasteiger partial charge in [0.15, 0.2) is 0 Å². The van der Waals surface area contributed by atoms with Crippen LogP contribution in [0.5, 0.6) is 0 Å². The van der Waals surface area contributed by atoms with E-state index in [2.05, 4.69) is 15.5 Å². The molecule has 1 unspecified atom stereocenters. The van der Waals surface area contributed by atoms with Crippen LogP contribution in [0.2, 0.25) is 0 Å². The second-order valence-electron chi connectivity index (χ2n) is 5.01. The average molecular weight is 280 g/mol. The van der Waals surface area contributed by atoms with Crippen LogP contribution in [-0.2, 0) is 14.3 Å². The molecule has 20 heavy (non-hydrogen) atoms. The largest absolute Gasteiger partial charge is 0.468 e. The molecule has 1 aromatic rings. The molecule has 2 N–H and O–H groups in total. The number of nitrogens with zero attached hydrogens (tertiary/aromatic N) is 2. The number of hydrogen-bond donors (Lipinski definition) is 2. The lowest BCUT2D eigenvalue weighted by Gasteiger charge is -2.21. The molecule has 1 aromatic heterocycles. The Bertz CT molecular complexity index is 492. The number of rotatable bonds is 4. The number of likely N-dealkylation sites (tertiary alicyclic amines) is 1. The summed E-state index contributed by atoms with van der Waals surface area (Å²) < 4.78 is 4.76. The third-order valence-electron chi connectivity index (χ3n) is 3.58. The Kier molecular flexibility index (Phi) is 4.39. The van der Waals surface area contributed by atoms with Gasteiger partial charge in [0.05, 0.1) is 30.7 Å². The topological polar surface area (TPSA) is 87.3 Å². The van der Waals surface area contributed by atoms with Crippen molar-refractivity contribution in [3.8, 4) is 0 Å². The number of carbonyl (C=O) groups excluding carboxylic acids is 2. The van der Waals surface area contributed by atoms with E-state index in [1.54, 1.807) is 0 Å². The molecular formula is C13H20N4O3. The second-order valence-corrected chi connectivity index (χ2v) is 5.01. The molecule has 1 fully saturated rings. The van der Waals surface area contributed by atoms with E-state index in [0.717, 1.165) is 30.8 Å². The van der Waals surface area contributed by atoms with Gasteiger partial charge in [-0.3, -0.25) is 19.6 Å². The highest BCUT2D eigenvalue weighted by Gasteiger charge is 2.32. The smallest absolute Gasteiger partial charge is 0.323 e.